The zero-order chi connectivity index (χ0) is 32.1. The first-order valence-corrected chi connectivity index (χ1v) is 16.7. The molecule has 0 saturated carbocycles. The number of nitrogens with one attached hydrogen (secondary N) is 2. The van der Waals surface area contributed by atoms with Crippen LogP contribution in [-0.2, 0) is 26.4 Å². The molecule has 3 amide bonds. The Morgan fingerprint density at radius 3 is 2.69 bits per heavy atom. The van der Waals surface area contributed by atoms with E-state index >= 15 is 0 Å². The third-order valence-electron chi connectivity index (χ3n) is 8.45. The standard InChI is InChI=1S/C29H31F2N6O6PS/c1-32-26(38)22-4-3-20-7-9-35(15-17-6-10-36-11-8-33-25(36)12-17)16-21(28(40)37(20)22)34-27(39)24-14-18-13-19(2-5-23(18)45-24)29(30,31)44(41,42)43/h2,5-6,8,10-14,20-22H,3-4,7,9,15-16H2,1H3,(H,32,38)(H,34,39)(H2,41,42,43)/t20-,21+,22+/m1/s1. The second-order valence-corrected chi connectivity index (χ2v) is 14.1. The molecule has 2 aliphatic heterocycles. The van der Waals surface area contributed by atoms with Gasteiger partial charge in [-0.15, -0.1) is 11.3 Å². The molecule has 0 bridgehead atoms. The number of likely N-dealkylation sites (N-methyl/N-ethyl adjacent to an activating group) is 1. The molecule has 6 rings (SSSR count). The maximum Gasteiger partial charge on any atom is 0.399 e. The fourth-order valence-corrected chi connectivity index (χ4v) is 7.58. The smallest absolute Gasteiger partial charge is 0.357 e. The molecule has 2 saturated heterocycles. The quantitative estimate of drug-likeness (QED) is 0.221. The van der Waals surface area contributed by atoms with Gasteiger partial charge in [-0.25, -0.2) is 4.98 Å². The molecule has 0 unspecified atom stereocenters. The summed E-state index contributed by atoms with van der Waals surface area (Å²) in [7, 11) is -4.25. The van der Waals surface area contributed by atoms with E-state index in [9.17, 15) is 27.7 Å². The Hall–Kier alpha value is -3.75. The van der Waals surface area contributed by atoms with E-state index in [-0.39, 0.29) is 34.7 Å². The van der Waals surface area contributed by atoms with Crippen molar-refractivity contribution in [3.63, 3.8) is 0 Å². The van der Waals surface area contributed by atoms with E-state index in [1.54, 1.807) is 11.1 Å². The number of carbonyl (C=O) groups is 3. The number of carbonyl (C=O) groups excluding carboxylic acids is 3. The van der Waals surface area contributed by atoms with Crippen LogP contribution in [0.25, 0.3) is 15.7 Å². The van der Waals surface area contributed by atoms with Crippen LogP contribution in [-0.4, -0.2) is 85.0 Å². The molecule has 3 atom stereocenters. The molecular formula is C29H31F2N6O6PS. The first-order chi connectivity index (χ1) is 21.4. The van der Waals surface area contributed by atoms with Crippen LogP contribution in [0.2, 0.25) is 0 Å². The molecule has 0 spiro atoms. The molecule has 4 aromatic rings. The molecule has 45 heavy (non-hydrogen) atoms. The van der Waals surface area contributed by atoms with E-state index in [1.165, 1.54) is 19.2 Å². The number of pyridine rings is 1. The Morgan fingerprint density at radius 2 is 1.93 bits per heavy atom. The zero-order valence-corrected chi connectivity index (χ0v) is 25.8. The van der Waals surface area contributed by atoms with Gasteiger partial charge >= 0.3 is 13.3 Å². The number of hydrogen-bond donors (Lipinski definition) is 4. The molecule has 12 nitrogen and oxygen atoms in total. The number of halogens is 2. The summed E-state index contributed by atoms with van der Waals surface area (Å²) in [5.74, 6) is -1.25. The summed E-state index contributed by atoms with van der Waals surface area (Å²) in [6.45, 7) is 1.27. The van der Waals surface area contributed by atoms with E-state index in [2.05, 4.69) is 20.5 Å². The number of nitrogens with zero attached hydrogens (tertiary/aromatic N) is 4. The van der Waals surface area contributed by atoms with Gasteiger partial charge in [0.15, 0.2) is 0 Å². The van der Waals surface area contributed by atoms with Crippen LogP contribution in [0, 0.1) is 0 Å². The van der Waals surface area contributed by atoms with Crippen LogP contribution in [0.5, 0.6) is 0 Å². The molecule has 2 fully saturated rings. The van der Waals surface area contributed by atoms with E-state index in [1.807, 2.05) is 28.9 Å². The van der Waals surface area contributed by atoms with Crippen LogP contribution in [0.1, 0.15) is 40.1 Å². The second-order valence-electron chi connectivity index (χ2n) is 11.3. The molecule has 3 aromatic heterocycles. The first kappa shape index (κ1) is 31.2. The normalized spacial score (nSPS) is 21.5. The lowest BCUT2D eigenvalue weighted by Gasteiger charge is -2.38. The van der Waals surface area contributed by atoms with Gasteiger partial charge in [-0.1, -0.05) is 6.07 Å². The summed E-state index contributed by atoms with van der Waals surface area (Å²) in [5.41, 5.74) is -3.50. The van der Waals surface area contributed by atoms with E-state index in [0.717, 1.165) is 34.7 Å². The Labute approximate surface area is 260 Å². The van der Waals surface area contributed by atoms with Crippen molar-refractivity contribution in [2.45, 2.75) is 49.6 Å². The van der Waals surface area contributed by atoms with Gasteiger partial charge < -0.3 is 29.7 Å². The number of imidazole rings is 1. The highest BCUT2D eigenvalue weighted by Crippen LogP contribution is 2.59. The van der Waals surface area contributed by atoms with E-state index in [4.69, 9.17) is 9.79 Å². The van der Waals surface area contributed by atoms with Crippen LogP contribution in [0.15, 0.2) is 55.0 Å². The largest absolute Gasteiger partial charge is 0.399 e. The number of aromatic nitrogens is 2. The van der Waals surface area contributed by atoms with Crippen molar-refractivity contribution < 1.29 is 37.5 Å². The molecule has 1 aromatic carbocycles. The summed E-state index contributed by atoms with van der Waals surface area (Å²) in [5, 5.41) is 5.67. The highest BCUT2D eigenvalue weighted by molar-refractivity contribution is 7.52. The van der Waals surface area contributed by atoms with Crippen molar-refractivity contribution in [1.82, 2.24) is 29.8 Å². The van der Waals surface area contributed by atoms with Gasteiger partial charge in [0, 0.05) is 61.6 Å². The lowest BCUT2D eigenvalue weighted by Crippen LogP contribution is -2.60. The van der Waals surface area contributed by atoms with Gasteiger partial charge in [0.05, 0.1) is 4.88 Å². The maximum atomic E-state index is 14.3. The number of alkyl halides is 2. The second kappa shape index (κ2) is 11.9. The van der Waals surface area contributed by atoms with E-state index in [0.29, 0.717) is 37.1 Å². The third kappa shape index (κ3) is 5.98. The lowest BCUT2D eigenvalue weighted by atomic mass is 10.1. The van der Waals surface area contributed by atoms with Crippen molar-refractivity contribution in [1.29, 1.82) is 0 Å². The molecular weight excluding hydrogens is 629 g/mol. The fourth-order valence-electron chi connectivity index (χ4n) is 6.16. The zero-order valence-electron chi connectivity index (χ0n) is 24.1. The first-order valence-electron chi connectivity index (χ1n) is 14.3. The number of rotatable bonds is 7. The van der Waals surface area contributed by atoms with Crippen molar-refractivity contribution in [3.8, 4) is 0 Å². The predicted molar refractivity (Wildman–Crippen MR) is 162 cm³/mol. The van der Waals surface area contributed by atoms with Crippen molar-refractivity contribution in [3.05, 3.63) is 71.0 Å². The molecule has 0 aliphatic carbocycles. The number of hydrogen-bond acceptors (Lipinski definition) is 7. The molecule has 238 valence electrons. The van der Waals surface area contributed by atoms with Crippen molar-refractivity contribution >= 4 is 52.4 Å². The SMILES string of the molecule is CNC(=O)[C@@H]1CC[C@@H]2CCN(Cc3ccn4ccnc4c3)C[C@H](NC(=O)c3cc4cc(C(F)(F)P(=O)(O)O)ccc4s3)C(=O)N21. The van der Waals surface area contributed by atoms with Gasteiger partial charge in [-0.3, -0.25) is 23.8 Å². The van der Waals surface area contributed by atoms with Crippen LogP contribution in [0.3, 0.4) is 0 Å². The van der Waals surface area contributed by atoms with Crippen LogP contribution < -0.4 is 10.6 Å². The molecule has 2 aliphatic rings. The van der Waals surface area contributed by atoms with Crippen LogP contribution >= 0.6 is 18.9 Å². The Morgan fingerprint density at radius 1 is 1.13 bits per heavy atom. The van der Waals surface area contributed by atoms with Crippen LogP contribution in [0.4, 0.5) is 8.78 Å². The van der Waals surface area contributed by atoms with Crippen molar-refractivity contribution in [2.75, 3.05) is 20.1 Å². The minimum absolute atomic E-state index is 0.133. The third-order valence-corrected chi connectivity index (χ3v) is 10.6. The topological polar surface area (TPSA) is 157 Å². The van der Waals surface area contributed by atoms with Gasteiger partial charge in [0.25, 0.3) is 5.91 Å². The predicted octanol–water partition coefficient (Wildman–Crippen LogP) is 2.89. The minimum atomic E-state index is -5.77. The number of benzene rings is 1. The highest BCUT2D eigenvalue weighted by atomic mass is 32.1. The van der Waals surface area contributed by atoms with Gasteiger partial charge in [-0.2, -0.15) is 8.78 Å². The molecule has 5 heterocycles. The summed E-state index contributed by atoms with van der Waals surface area (Å²) >= 11 is 1.00. The highest BCUT2D eigenvalue weighted by Gasteiger charge is 2.50. The molecule has 4 N–H and O–H groups in total. The Kier molecular flexibility index (Phi) is 8.25. The summed E-state index contributed by atoms with van der Waals surface area (Å²) in [6, 6.07) is 6.57. The average Bonchev–Trinajstić information content (AvgIpc) is 3.75. The van der Waals surface area contributed by atoms with Gasteiger partial charge in [0.1, 0.15) is 17.7 Å². The number of fused-ring (bicyclic) bond motifs is 3. The monoisotopic (exact) mass is 660 g/mol. The minimum Gasteiger partial charge on any atom is -0.357 e. The molecule has 0 radical (unpaired) electrons. The Bertz CT molecular complexity index is 1840. The Balaban J connectivity index is 1.28. The average molecular weight is 661 g/mol. The van der Waals surface area contributed by atoms with Crippen molar-refractivity contribution in [2.24, 2.45) is 0 Å². The maximum absolute atomic E-state index is 14.3. The van der Waals surface area contributed by atoms with Gasteiger partial charge in [0.2, 0.25) is 11.8 Å². The van der Waals surface area contributed by atoms with Gasteiger partial charge in [-0.05, 0) is 60.5 Å². The summed E-state index contributed by atoms with van der Waals surface area (Å²) in [4.78, 5) is 66.8. The lowest BCUT2D eigenvalue weighted by molar-refractivity contribution is -0.143. The van der Waals surface area contributed by atoms with E-state index < -0.39 is 36.8 Å². The summed E-state index contributed by atoms with van der Waals surface area (Å²) in [6.07, 6.45) is 7.26. The molecule has 16 heteroatoms. The number of thiophene rings is 1. The summed E-state index contributed by atoms with van der Waals surface area (Å²) < 4.78 is 42.4. The number of amides is 3. The fraction of sp³-hybridized carbons (Fsp3) is 0.379.